The Bertz CT molecular complexity index is 1620. The van der Waals surface area contributed by atoms with E-state index >= 15 is 0 Å². The van der Waals surface area contributed by atoms with Crippen LogP contribution in [0.5, 0.6) is 5.75 Å². The first kappa shape index (κ1) is 30.3. The Balaban J connectivity index is 1.46. The van der Waals surface area contributed by atoms with Gasteiger partial charge in [-0.3, -0.25) is 9.69 Å². The summed E-state index contributed by atoms with van der Waals surface area (Å²) in [5.74, 6) is 0.114. The van der Waals surface area contributed by atoms with Crippen LogP contribution in [0.15, 0.2) is 54.7 Å². The average Bonchev–Trinajstić information content (AvgIpc) is 3.39. The molecule has 43 heavy (non-hydrogen) atoms. The Kier molecular flexibility index (Phi) is 8.35. The maximum absolute atomic E-state index is 14.3. The summed E-state index contributed by atoms with van der Waals surface area (Å²) in [4.78, 5) is 24.2. The van der Waals surface area contributed by atoms with Crippen LogP contribution < -0.4 is 9.64 Å². The minimum Gasteiger partial charge on any atom is -0.497 e. The van der Waals surface area contributed by atoms with Gasteiger partial charge in [-0.2, -0.15) is 18.3 Å². The number of anilines is 1. The van der Waals surface area contributed by atoms with Gasteiger partial charge in [0.25, 0.3) is 5.91 Å². The van der Waals surface area contributed by atoms with Gasteiger partial charge in [-0.1, -0.05) is 12.1 Å². The van der Waals surface area contributed by atoms with Gasteiger partial charge in [0.2, 0.25) is 0 Å². The first-order valence-corrected chi connectivity index (χ1v) is 14.0. The molecule has 0 unspecified atom stereocenters. The molecule has 5 rings (SSSR count). The number of carbonyl (C=O) groups excluding carboxylic acids is 1. The molecular formula is C31H35F3N6O3. The molecule has 12 heteroatoms. The summed E-state index contributed by atoms with van der Waals surface area (Å²) >= 11 is 0. The second-order valence-electron chi connectivity index (χ2n) is 11.0. The Morgan fingerprint density at radius 2 is 1.88 bits per heavy atom. The topological polar surface area (TPSA) is 86.4 Å². The molecule has 0 saturated carbocycles. The molecule has 1 N–H and O–H groups in total. The predicted octanol–water partition coefficient (Wildman–Crippen LogP) is 4.68. The van der Waals surface area contributed by atoms with Crippen LogP contribution in [-0.2, 0) is 6.18 Å². The molecule has 1 aliphatic rings. The normalized spacial score (nSPS) is 16.9. The minimum atomic E-state index is -4.74. The third-order valence-corrected chi connectivity index (χ3v) is 8.05. The molecule has 4 aromatic rings. The average molecular weight is 597 g/mol. The van der Waals surface area contributed by atoms with Crippen LogP contribution in [0.25, 0.3) is 16.9 Å². The number of aliphatic hydroxyl groups is 1. The quantitative estimate of drug-likeness (QED) is 0.332. The number of benzene rings is 2. The van der Waals surface area contributed by atoms with Crippen LogP contribution in [0, 0.1) is 6.92 Å². The van der Waals surface area contributed by atoms with Gasteiger partial charge in [0.1, 0.15) is 11.3 Å². The smallest absolute Gasteiger partial charge is 0.433 e. The van der Waals surface area contributed by atoms with Gasteiger partial charge < -0.3 is 19.6 Å². The van der Waals surface area contributed by atoms with Crippen molar-refractivity contribution in [3.05, 3.63) is 77.1 Å². The van der Waals surface area contributed by atoms with E-state index in [1.807, 2.05) is 50.2 Å². The molecule has 1 fully saturated rings. The van der Waals surface area contributed by atoms with Crippen molar-refractivity contribution in [3.8, 4) is 17.0 Å². The number of rotatable bonds is 7. The van der Waals surface area contributed by atoms with E-state index in [0.717, 1.165) is 15.8 Å². The molecule has 9 nitrogen and oxygen atoms in total. The van der Waals surface area contributed by atoms with E-state index in [2.05, 4.69) is 15.0 Å². The number of fused-ring (bicyclic) bond motifs is 1. The number of hydrogen-bond donors (Lipinski definition) is 1. The fraction of sp³-hybridized carbons (Fsp3) is 0.387. The molecule has 2 aromatic carbocycles. The van der Waals surface area contributed by atoms with Crippen molar-refractivity contribution in [2.24, 2.45) is 0 Å². The van der Waals surface area contributed by atoms with E-state index in [-0.39, 0.29) is 41.2 Å². The number of methoxy groups -OCH3 is 1. The van der Waals surface area contributed by atoms with E-state index < -0.39 is 17.8 Å². The standard InChI is InChI=1S/C31H35F3N6O3/c1-19-17-38(26(18-41)22-7-6-8-23(15-22)37(3)4)13-14-39(19)30(42)25-16-35-40-28(31(32,33)34)20(2)27(36-29(25)40)21-9-11-24(43-5)12-10-21/h6-12,15-16,19,26,41H,13-14,17-18H2,1-5H3/t19-,26+/m1/s1. The fourth-order valence-corrected chi connectivity index (χ4v) is 5.75. The highest BCUT2D eigenvalue weighted by Gasteiger charge is 2.39. The highest BCUT2D eigenvalue weighted by atomic mass is 19.4. The van der Waals surface area contributed by atoms with E-state index in [1.165, 1.54) is 20.2 Å². The molecule has 1 aliphatic heterocycles. The predicted molar refractivity (Wildman–Crippen MR) is 157 cm³/mol. The lowest BCUT2D eigenvalue weighted by atomic mass is 10.0. The maximum Gasteiger partial charge on any atom is 0.433 e. The number of alkyl halides is 3. The summed E-state index contributed by atoms with van der Waals surface area (Å²) < 4.78 is 48.9. The van der Waals surface area contributed by atoms with Crippen LogP contribution >= 0.6 is 0 Å². The van der Waals surface area contributed by atoms with E-state index in [0.29, 0.717) is 30.9 Å². The monoisotopic (exact) mass is 596 g/mol. The van der Waals surface area contributed by atoms with Crippen molar-refractivity contribution in [1.29, 1.82) is 0 Å². The van der Waals surface area contributed by atoms with Crippen molar-refractivity contribution in [2.45, 2.75) is 32.1 Å². The molecular weight excluding hydrogens is 561 g/mol. The number of ether oxygens (including phenoxy) is 1. The second kappa shape index (κ2) is 11.8. The van der Waals surface area contributed by atoms with Gasteiger partial charge >= 0.3 is 6.18 Å². The summed E-state index contributed by atoms with van der Waals surface area (Å²) in [6.07, 6.45) is -3.57. The summed E-state index contributed by atoms with van der Waals surface area (Å²) in [7, 11) is 5.41. The van der Waals surface area contributed by atoms with Crippen molar-refractivity contribution in [2.75, 3.05) is 52.3 Å². The lowest BCUT2D eigenvalue weighted by Crippen LogP contribution is -2.55. The Morgan fingerprint density at radius 1 is 1.16 bits per heavy atom. The lowest BCUT2D eigenvalue weighted by Gasteiger charge is -2.43. The highest BCUT2D eigenvalue weighted by Crippen LogP contribution is 2.37. The second-order valence-corrected chi connectivity index (χ2v) is 11.0. The number of aliphatic hydroxyl groups excluding tert-OH is 1. The van der Waals surface area contributed by atoms with E-state index in [1.54, 1.807) is 29.2 Å². The molecule has 2 aromatic heterocycles. The Morgan fingerprint density at radius 3 is 2.49 bits per heavy atom. The van der Waals surface area contributed by atoms with Crippen LogP contribution in [0.4, 0.5) is 18.9 Å². The summed E-state index contributed by atoms with van der Waals surface area (Å²) in [5, 5.41) is 14.3. The van der Waals surface area contributed by atoms with Crippen LogP contribution in [-0.4, -0.2) is 88.9 Å². The van der Waals surface area contributed by atoms with Crippen LogP contribution in [0.1, 0.15) is 40.1 Å². The Hall–Kier alpha value is -4.16. The third-order valence-electron chi connectivity index (χ3n) is 8.05. The summed E-state index contributed by atoms with van der Waals surface area (Å²) in [6, 6.07) is 14.0. The number of amides is 1. The minimum absolute atomic E-state index is 0.00189. The maximum atomic E-state index is 14.3. The van der Waals surface area contributed by atoms with E-state index in [9.17, 15) is 23.1 Å². The van der Waals surface area contributed by atoms with Gasteiger partial charge in [-0.15, -0.1) is 0 Å². The van der Waals surface area contributed by atoms with Gasteiger partial charge in [-0.05, 0) is 55.8 Å². The first-order chi connectivity index (χ1) is 20.4. The number of hydrogen-bond acceptors (Lipinski definition) is 7. The molecule has 228 valence electrons. The van der Waals surface area contributed by atoms with E-state index in [4.69, 9.17) is 4.74 Å². The SMILES string of the molecule is COc1ccc(-c2nc3c(C(=O)N4CCN([C@@H](CO)c5cccc(N(C)C)c5)C[C@H]4C)cnn3c(C(F)(F)F)c2C)cc1. The van der Waals surface area contributed by atoms with Gasteiger partial charge in [0.15, 0.2) is 11.3 Å². The van der Waals surface area contributed by atoms with Gasteiger partial charge in [-0.25, -0.2) is 9.50 Å². The van der Waals surface area contributed by atoms with Gasteiger partial charge in [0.05, 0.1) is 31.6 Å². The molecule has 0 aliphatic carbocycles. The van der Waals surface area contributed by atoms with Crippen LogP contribution in [0.2, 0.25) is 0 Å². The third kappa shape index (κ3) is 5.76. The van der Waals surface area contributed by atoms with Crippen molar-refractivity contribution in [3.63, 3.8) is 0 Å². The molecule has 0 bridgehead atoms. The Labute approximate surface area is 248 Å². The summed E-state index contributed by atoms with van der Waals surface area (Å²) in [6.45, 7) is 4.42. The van der Waals surface area contributed by atoms with Gasteiger partial charge in [0, 0.05) is 56.6 Å². The molecule has 1 saturated heterocycles. The largest absolute Gasteiger partial charge is 0.497 e. The highest BCUT2D eigenvalue weighted by molar-refractivity contribution is 6.00. The molecule has 0 radical (unpaired) electrons. The molecule has 0 spiro atoms. The number of piperazine rings is 1. The van der Waals surface area contributed by atoms with Crippen molar-refractivity contribution >= 4 is 17.2 Å². The lowest BCUT2D eigenvalue weighted by molar-refractivity contribution is -0.143. The zero-order valence-electron chi connectivity index (χ0n) is 24.8. The molecule has 2 atom stereocenters. The number of nitrogens with zero attached hydrogens (tertiary/aromatic N) is 6. The van der Waals surface area contributed by atoms with Crippen LogP contribution in [0.3, 0.4) is 0 Å². The fourth-order valence-electron chi connectivity index (χ4n) is 5.75. The number of aromatic nitrogens is 3. The number of carbonyl (C=O) groups is 1. The first-order valence-electron chi connectivity index (χ1n) is 14.0. The molecule has 1 amide bonds. The zero-order chi connectivity index (χ0) is 31.1. The van der Waals surface area contributed by atoms with Crippen molar-refractivity contribution < 1.29 is 27.8 Å². The number of halogens is 3. The molecule has 3 heterocycles. The summed E-state index contributed by atoms with van der Waals surface area (Å²) in [5.41, 5.74) is 1.32. The zero-order valence-corrected chi connectivity index (χ0v) is 24.8. The van der Waals surface area contributed by atoms with Crippen molar-refractivity contribution in [1.82, 2.24) is 24.4 Å².